The number of aromatic amines is 1. The van der Waals surface area contributed by atoms with E-state index in [9.17, 15) is 13.2 Å². The van der Waals surface area contributed by atoms with Gasteiger partial charge in [-0.2, -0.15) is 4.31 Å². The number of aromatic nitrogens is 2. The molecule has 0 bridgehead atoms. The second kappa shape index (κ2) is 7.22. The second-order valence-corrected chi connectivity index (χ2v) is 10.1. The van der Waals surface area contributed by atoms with Crippen molar-refractivity contribution in [1.29, 1.82) is 0 Å². The van der Waals surface area contributed by atoms with Crippen LogP contribution in [-0.2, 0) is 14.8 Å². The fourth-order valence-corrected chi connectivity index (χ4v) is 5.35. The fourth-order valence-electron chi connectivity index (χ4n) is 4.46. The zero-order valence-electron chi connectivity index (χ0n) is 18.3. The van der Waals surface area contributed by atoms with Crippen molar-refractivity contribution in [3.05, 3.63) is 54.1 Å². The SMILES string of the molecule is COc1cc(OC)cc(N2C(N)=C(c3nc4ccccc4[nH]3)C(=O)C23CN(S(C)(=O)=O)C3)c1. The first kappa shape index (κ1) is 21.3. The Labute approximate surface area is 190 Å². The minimum Gasteiger partial charge on any atom is -0.497 e. The quantitative estimate of drug-likeness (QED) is 0.572. The van der Waals surface area contributed by atoms with E-state index in [-0.39, 0.29) is 30.3 Å². The maximum atomic E-state index is 13.8. The lowest BCUT2D eigenvalue weighted by molar-refractivity contribution is -0.121. The van der Waals surface area contributed by atoms with Crippen LogP contribution in [0.2, 0.25) is 0 Å². The summed E-state index contributed by atoms with van der Waals surface area (Å²) >= 11 is 0. The number of benzene rings is 2. The lowest BCUT2D eigenvalue weighted by Crippen LogP contribution is -2.73. The summed E-state index contributed by atoms with van der Waals surface area (Å²) in [5, 5.41) is 0. The van der Waals surface area contributed by atoms with Gasteiger partial charge in [-0.25, -0.2) is 13.4 Å². The molecule has 2 aromatic carbocycles. The zero-order chi connectivity index (χ0) is 23.5. The number of anilines is 1. The highest BCUT2D eigenvalue weighted by atomic mass is 32.2. The Bertz CT molecular complexity index is 1370. The van der Waals surface area contributed by atoms with E-state index in [0.29, 0.717) is 28.5 Å². The number of sulfonamides is 1. The third-order valence-electron chi connectivity index (χ3n) is 6.14. The predicted octanol–water partition coefficient (Wildman–Crippen LogP) is 1.31. The molecule has 3 heterocycles. The van der Waals surface area contributed by atoms with Gasteiger partial charge in [0, 0.05) is 31.3 Å². The fraction of sp³-hybridized carbons (Fsp3) is 0.273. The van der Waals surface area contributed by atoms with Gasteiger partial charge < -0.3 is 25.1 Å². The van der Waals surface area contributed by atoms with Crippen molar-refractivity contribution in [3.63, 3.8) is 0 Å². The molecule has 3 aromatic rings. The third kappa shape index (κ3) is 3.15. The highest BCUT2D eigenvalue weighted by molar-refractivity contribution is 7.88. The van der Waals surface area contributed by atoms with E-state index in [2.05, 4.69) is 9.97 Å². The largest absolute Gasteiger partial charge is 0.497 e. The number of methoxy groups -OCH3 is 2. The van der Waals surface area contributed by atoms with Crippen molar-refractivity contribution in [1.82, 2.24) is 14.3 Å². The number of imidazole rings is 1. The molecule has 0 aliphatic carbocycles. The number of Topliss-reactive ketones (excluding diaryl/α,β-unsaturated/α-hetero) is 1. The van der Waals surface area contributed by atoms with Gasteiger partial charge in [-0.3, -0.25) is 4.79 Å². The molecule has 11 heteroatoms. The molecule has 172 valence electrons. The summed E-state index contributed by atoms with van der Waals surface area (Å²) in [4.78, 5) is 23.2. The Morgan fingerprint density at radius 1 is 1.09 bits per heavy atom. The Morgan fingerprint density at radius 3 is 2.30 bits per heavy atom. The van der Waals surface area contributed by atoms with E-state index < -0.39 is 15.6 Å². The van der Waals surface area contributed by atoms with Crippen molar-refractivity contribution >= 4 is 38.1 Å². The number of nitrogens with one attached hydrogen (secondary N) is 1. The molecular formula is C22H23N5O5S. The monoisotopic (exact) mass is 469 g/mol. The second-order valence-electron chi connectivity index (χ2n) is 8.16. The number of rotatable bonds is 5. The number of nitrogens with two attached hydrogens (primary N) is 1. The molecule has 1 spiro atoms. The number of carbonyl (C=O) groups excluding carboxylic acids is 1. The molecule has 2 aliphatic rings. The van der Waals surface area contributed by atoms with Gasteiger partial charge in [0.15, 0.2) is 5.78 Å². The highest BCUT2D eigenvalue weighted by Crippen LogP contribution is 2.47. The molecule has 1 saturated heterocycles. The molecule has 1 fully saturated rings. The molecule has 0 atom stereocenters. The van der Waals surface area contributed by atoms with E-state index in [1.165, 1.54) is 18.5 Å². The Kier molecular flexibility index (Phi) is 4.66. The Morgan fingerprint density at radius 2 is 1.73 bits per heavy atom. The number of ketones is 1. The molecule has 0 amide bonds. The minimum absolute atomic E-state index is 0.0331. The first-order valence-electron chi connectivity index (χ1n) is 10.2. The van der Waals surface area contributed by atoms with Crippen LogP contribution < -0.4 is 20.1 Å². The molecule has 0 unspecified atom stereocenters. The summed E-state index contributed by atoms with van der Waals surface area (Å²) in [6, 6.07) is 12.6. The van der Waals surface area contributed by atoms with Gasteiger partial charge in [-0.05, 0) is 12.1 Å². The maximum absolute atomic E-state index is 13.8. The summed E-state index contributed by atoms with van der Waals surface area (Å²) in [5.74, 6) is 1.25. The van der Waals surface area contributed by atoms with Gasteiger partial charge in [-0.1, -0.05) is 12.1 Å². The number of carbonyl (C=O) groups is 1. The van der Waals surface area contributed by atoms with Crippen LogP contribution >= 0.6 is 0 Å². The number of fused-ring (bicyclic) bond motifs is 1. The Balaban J connectivity index is 1.69. The smallest absolute Gasteiger partial charge is 0.211 e. The number of hydrogen-bond acceptors (Lipinski definition) is 8. The van der Waals surface area contributed by atoms with E-state index >= 15 is 0 Å². The van der Waals surface area contributed by atoms with Crippen molar-refractivity contribution in [2.45, 2.75) is 5.54 Å². The summed E-state index contributed by atoms with van der Waals surface area (Å²) < 4.78 is 36.3. The standard InChI is InChI=1S/C22H23N5O5S/c1-31-14-8-13(9-15(10-14)32-2)27-20(23)18(21-24-16-6-4-5-7-17(16)25-21)19(28)22(27)11-26(12-22)33(3,29)30/h4-10H,11-12,23H2,1-3H3,(H,24,25). The molecular weight excluding hydrogens is 446 g/mol. The maximum Gasteiger partial charge on any atom is 0.211 e. The molecule has 0 radical (unpaired) electrons. The van der Waals surface area contributed by atoms with Gasteiger partial charge >= 0.3 is 0 Å². The van der Waals surface area contributed by atoms with Gasteiger partial charge in [0.1, 0.15) is 34.3 Å². The van der Waals surface area contributed by atoms with Gasteiger partial charge in [0.25, 0.3) is 0 Å². The van der Waals surface area contributed by atoms with Crippen molar-refractivity contribution in [2.24, 2.45) is 5.73 Å². The normalized spacial score (nSPS) is 18.3. The molecule has 0 saturated carbocycles. The van der Waals surface area contributed by atoms with Gasteiger partial charge in [-0.15, -0.1) is 0 Å². The summed E-state index contributed by atoms with van der Waals surface area (Å²) in [6.07, 6.45) is 1.12. The molecule has 33 heavy (non-hydrogen) atoms. The van der Waals surface area contributed by atoms with Gasteiger partial charge in [0.05, 0.1) is 37.2 Å². The minimum atomic E-state index is -3.48. The Hall–Kier alpha value is -3.57. The van der Waals surface area contributed by atoms with E-state index in [1.54, 1.807) is 23.1 Å². The average molecular weight is 470 g/mol. The van der Waals surface area contributed by atoms with Crippen LogP contribution in [0.15, 0.2) is 48.3 Å². The van der Waals surface area contributed by atoms with E-state index in [4.69, 9.17) is 15.2 Å². The molecule has 2 aliphatic heterocycles. The lowest BCUT2D eigenvalue weighted by Gasteiger charge is -2.50. The number of para-hydroxylation sites is 2. The van der Waals surface area contributed by atoms with Crippen LogP contribution in [0, 0.1) is 0 Å². The van der Waals surface area contributed by atoms with Crippen molar-refractivity contribution < 1.29 is 22.7 Å². The van der Waals surface area contributed by atoms with E-state index in [0.717, 1.165) is 11.8 Å². The van der Waals surface area contributed by atoms with Crippen LogP contribution in [0.5, 0.6) is 11.5 Å². The number of ether oxygens (including phenoxy) is 2. The van der Waals surface area contributed by atoms with Crippen LogP contribution in [-0.4, -0.2) is 67.6 Å². The van der Waals surface area contributed by atoms with Crippen molar-refractivity contribution in [3.8, 4) is 11.5 Å². The molecule has 5 rings (SSSR count). The predicted molar refractivity (Wildman–Crippen MR) is 123 cm³/mol. The van der Waals surface area contributed by atoms with Crippen LogP contribution in [0.4, 0.5) is 5.69 Å². The van der Waals surface area contributed by atoms with Crippen LogP contribution in [0.1, 0.15) is 5.82 Å². The lowest BCUT2D eigenvalue weighted by atomic mass is 9.85. The zero-order valence-corrected chi connectivity index (χ0v) is 19.1. The third-order valence-corrected chi connectivity index (χ3v) is 7.34. The average Bonchev–Trinajstić information content (AvgIpc) is 3.27. The number of hydrogen-bond donors (Lipinski definition) is 2. The summed E-state index contributed by atoms with van der Waals surface area (Å²) in [7, 11) is -0.432. The number of nitrogens with zero attached hydrogens (tertiary/aromatic N) is 3. The summed E-state index contributed by atoms with van der Waals surface area (Å²) in [6.45, 7) is -0.0662. The first-order valence-corrected chi connectivity index (χ1v) is 12.0. The number of H-pyrrole nitrogens is 1. The molecule has 3 N–H and O–H groups in total. The van der Waals surface area contributed by atoms with Crippen molar-refractivity contribution in [2.75, 3.05) is 38.5 Å². The molecule has 10 nitrogen and oxygen atoms in total. The topological polar surface area (TPSA) is 131 Å². The first-order chi connectivity index (χ1) is 15.7. The molecule has 1 aromatic heterocycles. The van der Waals surface area contributed by atoms with Gasteiger partial charge in [0.2, 0.25) is 10.0 Å². The van der Waals surface area contributed by atoms with E-state index in [1.807, 2.05) is 24.3 Å². The van der Waals surface area contributed by atoms with Crippen LogP contribution in [0.3, 0.4) is 0 Å². The summed E-state index contributed by atoms with van der Waals surface area (Å²) in [5.41, 5.74) is 7.64. The van der Waals surface area contributed by atoms with Crippen LogP contribution in [0.25, 0.3) is 16.6 Å². The highest BCUT2D eigenvalue weighted by Gasteiger charge is 2.62.